The Labute approximate surface area is 185 Å². The lowest BCUT2D eigenvalue weighted by Crippen LogP contribution is -2.41. The van der Waals surface area contributed by atoms with Gasteiger partial charge in [0, 0.05) is 11.1 Å². The van der Waals surface area contributed by atoms with Crippen molar-refractivity contribution in [3.05, 3.63) is 53.4 Å². The molecule has 7 heteroatoms. The van der Waals surface area contributed by atoms with Crippen molar-refractivity contribution in [3.63, 3.8) is 0 Å². The molecule has 0 atom stereocenters. The minimum atomic E-state index is -0.309. The number of carbonyl (C=O) groups excluding carboxylic acids is 1. The molecule has 0 unspecified atom stereocenters. The Kier molecular flexibility index (Phi) is 6.80. The molecule has 0 aliphatic carbocycles. The van der Waals surface area contributed by atoms with Gasteiger partial charge in [-0.3, -0.25) is 4.79 Å². The summed E-state index contributed by atoms with van der Waals surface area (Å²) in [6.07, 6.45) is 0. The zero-order valence-corrected chi connectivity index (χ0v) is 19.0. The zero-order chi connectivity index (χ0) is 21.7. The van der Waals surface area contributed by atoms with E-state index in [2.05, 4.69) is 11.4 Å². The highest BCUT2D eigenvalue weighted by molar-refractivity contribution is 8.00. The van der Waals surface area contributed by atoms with E-state index < -0.39 is 0 Å². The van der Waals surface area contributed by atoms with Crippen molar-refractivity contribution in [3.8, 4) is 33.5 Å². The zero-order valence-electron chi connectivity index (χ0n) is 17.4. The Balaban J connectivity index is 2.03. The number of hydrogen-bond acceptors (Lipinski definition) is 6. The lowest BCUT2D eigenvalue weighted by atomic mass is 10.0. The first-order valence-corrected chi connectivity index (χ1v) is 11.2. The summed E-state index contributed by atoms with van der Waals surface area (Å²) in [5, 5.41) is 15.4. The Morgan fingerprint density at radius 3 is 2.57 bits per heavy atom. The van der Waals surface area contributed by atoms with E-state index in [1.165, 1.54) is 11.8 Å². The molecule has 1 aromatic carbocycles. The van der Waals surface area contributed by atoms with E-state index in [4.69, 9.17) is 9.72 Å². The van der Waals surface area contributed by atoms with E-state index >= 15 is 0 Å². The van der Waals surface area contributed by atoms with E-state index in [-0.39, 0.29) is 17.2 Å². The maximum Gasteiger partial charge on any atom is 0.230 e. The van der Waals surface area contributed by atoms with Crippen LogP contribution < -0.4 is 10.1 Å². The number of methoxy groups -OCH3 is 1. The van der Waals surface area contributed by atoms with Gasteiger partial charge in [0.15, 0.2) is 0 Å². The molecule has 2 heterocycles. The van der Waals surface area contributed by atoms with E-state index in [9.17, 15) is 10.1 Å². The highest BCUT2D eigenvalue weighted by Crippen LogP contribution is 2.36. The number of nitrogens with one attached hydrogen (secondary N) is 1. The number of rotatable bonds is 6. The Hall–Kier alpha value is -2.82. The molecule has 0 spiro atoms. The minimum Gasteiger partial charge on any atom is -0.497 e. The third kappa shape index (κ3) is 5.41. The SMILES string of the molecule is COc1ccc(-c2cc(-c3cccs3)nc(SCC(=O)NC(C)(C)C)c2C#N)cc1. The first kappa shape index (κ1) is 21.9. The van der Waals surface area contributed by atoms with Gasteiger partial charge in [0.25, 0.3) is 0 Å². The highest BCUT2D eigenvalue weighted by Gasteiger charge is 2.19. The van der Waals surface area contributed by atoms with Gasteiger partial charge in [-0.25, -0.2) is 4.98 Å². The second kappa shape index (κ2) is 9.33. The second-order valence-corrected chi connectivity index (χ2v) is 9.55. The fourth-order valence-corrected chi connectivity index (χ4v) is 4.36. The molecule has 2 aromatic heterocycles. The molecule has 0 fully saturated rings. The van der Waals surface area contributed by atoms with Gasteiger partial charge in [-0.1, -0.05) is 30.0 Å². The lowest BCUT2D eigenvalue weighted by Gasteiger charge is -2.20. The van der Waals surface area contributed by atoms with Crippen molar-refractivity contribution in [1.29, 1.82) is 5.26 Å². The van der Waals surface area contributed by atoms with Gasteiger partial charge in [0.2, 0.25) is 5.91 Å². The van der Waals surface area contributed by atoms with Gasteiger partial charge in [-0.2, -0.15) is 5.26 Å². The number of benzene rings is 1. The summed E-state index contributed by atoms with van der Waals surface area (Å²) >= 11 is 2.87. The molecule has 3 aromatic rings. The fraction of sp³-hybridized carbons (Fsp3) is 0.261. The monoisotopic (exact) mass is 437 g/mol. The predicted molar refractivity (Wildman–Crippen MR) is 123 cm³/mol. The standard InChI is InChI=1S/C23H23N3O2S2/c1-23(2,3)26-21(27)14-30-22-18(13-24)17(15-7-9-16(28-4)10-8-15)12-19(25-22)20-6-5-11-29-20/h5-12H,14H2,1-4H3,(H,26,27). The molecule has 5 nitrogen and oxygen atoms in total. The smallest absolute Gasteiger partial charge is 0.230 e. The van der Waals surface area contributed by atoms with Crippen molar-refractivity contribution in [1.82, 2.24) is 10.3 Å². The van der Waals surface area contributed by atoms with Crippen LogP contribution in [0.1, 0.15) is 26.3 Å². The number of amides is 1. The largest absolute Gasteiger partial charge is 0.497 e. The van der Waals surface area contributed by atoms with Gasteiger partial charge in [0.05, 0.1) is 29.0 Å². The summed E-state index contributed by atoms with van der Waals surface area (Å²) in [5.41, 5.74) is 2.63. The summed E-state index contributed by atoms with van der Waals surface area (Å²) in [6, 6.07) is 15.8. The van der Waals surface area contributed by atoms with Crippen LogP contribution in [0.3, 0.4) is 0 Å². The summed E-state index contributed by atoms with van der Waals surface area (Å²) in [4.78, 5) is 18.0. The van der Waals surface area contributed by atoms with Crippen LogP contribution in [0.25, 0.3) is 21.7 Å². The third-order valence-electron chi connectivity index (χ3n) is 4.13. The molecule has 1 N–H and O–H groups in total. The minimum absolute atomic E-state index is 0.0919. The Morgan fingerprint density at radius 2 is 2.00 bits per heavy atom. The van der Waals surface area contributed by atoms with Crippen LogP contribution in [-0.2, 0) is 4.79 Å². The van der Waals surface area contributed by atoms with Crippen molar-refractivity contribution >= 4 is 29.0 Å². The first-order chi connectivity index (χ1) is 14.3. The molecule has 0 aliphatic heterocycles. The maximum absolute atomic E-state index is 12.3. The topological polar surface area (TPSA) is 75.0 Å². The van der Waals surface area contributed by atoms with Gasteiger partial charge in [0.1, 0.15) is 16.8 Å². The summed E-state index contributed by atoms with van der Waals surface area (Å²) in [7, 11) is 1.62. The van der Waals surface area contributed by atoms with E-state index in [0.717, 1.165) is 27.4 Å². The van der Waals surface area contributed by atoms with E-state index in [0.29, 0.717) is 10.6 Å². The Morgan fingerprint density at radius 1 is 1.27 bits per heavy atom. The van der Waals surface area contributed by atoms with Crippen molar-refractivity contribution in [2.45, 2.75) is 31.3 Å². The predicted octanol–water partition coefficient (Wildman–Crippen LogP) is 5.36. The van der Waals surface area contributed by atoms with Gasteiger partial charge >= 0.3 is 0 Å². The number of thiophene rings is 1. The second-order valence-electron chi connectivity index (χ2n) is 7.64. The molecular weight excluding hydrogens is 414 g/mol. The molecule has 3 rings (SSSR count). The van der Waals surface area contributed by atoms with Gasteiger partial charge < -0.3 is 10.1 Å². The number of hydrogen-bond donors (Lipinski definition) is 1. The molecule has 0 saturated heterocycles. The van der Waals surface area contributed by atoms with E-state index in [1.807, 2.05) is 68.6 Å². The molecule has 1 amide bonds. The lowest BCUT2D eigenvalue weighted by molar-refractivity contribution is -0.119. The number of nitriles is 1. The number of nitrogens with zero attached hydrogens (tertiary/aromatic N) is 2. The van der Waals surface area contributed by atoms with Gasteiger partial charge in [-0.05, 0) is 56.0 Å². The van der Waals surface area contributed by atoms with E-state index in [1.54, 1.807) is 18.4 Å². The molecule has 0 saturated carbocycles. The average molecular weight is 438 g/mol. The number of thioether (sulfide) groups is 1. The maximum atomic E-state index is 12.3. The third-order valence-corrected chi connectivity index (χ3v) is 5.99. The first-order valence-electron chi connectivity index (χ1n) is 9.38. The van der Waals surface area contributed by atoms with Gasteiger partial charge in [-0.15, -0.1) is 11.3 Å². The van der Waals surface area contributed by atoms with Crippen LogP contribution in [0, 0.1) is 11.3 Å². The molecule has 0 radical (unpaired) electrons. The van der Waals surface area contributed by atoms with Crippen LogP contribution in [0.4, 0.5) is 0 Å². The number of carbonyl (C=O) groups is 1. The normalized spacial score (nSPS) is 11.0. The highest BCUT2D eigenvalue weighted by atomic mass is 32.2. The number of ether oxygens (including phenoxy) is 1. The quantitative estimate of drug-likeness (QED) is 0.525. The number of aromatic nitrogens is 1. The molecular formula is C23H23N3O2S2. The average Bonchev–Trinajstić information content (AvgIpc) is 3.25. The summed E-state index contributed by atoms with van der Waals surface area (Å²) in [5.74, 6) is 0.846. The van der Waals surface area contributed by atoms with Crippen LogP contribution in [0.2, 0.25) is 0 Å². The van der Waals surface area contributed by atoms with Crippen LogP contribution in [0.5, 0.6) is 5.75 Å². The van der Waals surface area contributed by atoms with Crippen molar-refractivity contribution < 1.29 is 9.53 Å². The molecule has 0 bridgehead atoms. The van der Waals surface area contributed by atoms with Crippen molar-refractivity contribution in [2.24, 2.45) is 0 Å². The Bertz CT molecular complexity index is 1060. The summed E-state index contributed by atoms with van der Waals surface area (Å²) < 4.78 is 5.25. The van der Waals surface area contributed by atoms with Crippen molar-refractivity contribution in [2.75, 3.05) is 12.9 Å². The van der Waals surface area contributed by atoms with Crippen LogP contribution in [0.15, 0.2) is 52.9 Å². The fourth-order valence-electron chi connectivity index (χ4n) is 2.87. The molecule has 154 valence electrons. The van der Waals surface area contributed by atoms with Crippen LogP contribution in [-0.4, -0.2) is 29.3 Å². The molecule has 0 aliphatic rings. The molecule has 30 heavy (non-hydrogen) atoms. The van der Waals surface area contributed by atoms with Crippen LogP contribution >= 0.6 is 23.1 Å². The number of pyridine rings is 1. The summed E-state index contributed by atoms with van der Waals surface area (Å²) in [6.45, 7) is 5.81.